The molecule has 0 spiro atoms. The minimum absolute atomic E-state index is 0.0127. The highest BCUT2D eigenvalue weighted by Gasteiger charge is 2.19. The van der Waals surface area contributed by atoms with Crippen LogP contribution in [-0.2, 0) is 9.59 Å². The van der Waals surface area contributed by atoms with Crippen LogP contribution < -0.4 is 20.1 Å². The highest BCUT2D eigenvalue weighted by Crippen LogP contribution is 2.34. The molecule has 0 aliphatic carbocycles. The number of amides is 2. The Kier molecular flexibility index (Phi) is 4.96. The molecular formula is C18H18N2O4. The van der Waals surface area contributed by atoms with E-state index in [1.165, 1.54) is 0 Å². The smallest absolute Gasteiger partial charge is 0.262 e. The number of benzene rings is 2. The molecule has 2 aromatic carbocycles. The van der Waals surface area contributed by atoms with Gasteiger partial charge >= 0.3 is 0 Å². The summed E-state index contributed by atoms with van der Waals surface area (Å²) in [5.74, 6) is 0.968. The maximum Gasteiger partial charge on any atom is 0.262 e. The first-order valence-electron chi connectivity index (χ1n) is 7.76. The Morgan fingerprint density at radius 1 is 1.17 bits per heavy atom. The van der Waals surface area contributed by atoms with Crippen LogP contribution in [0.15, 0.2) is 48.5 Å². The van der Waals surface area contributed by atoms with Gasteiger partial charge in [0.1, 0.15) is 17.2 Å². The van der Waals surface area contributed by atoms with E-state index in [1.807, 2.05) is 30.3 Å². The van der Waals surface area contributed by atoms with Crippen LogP contribution >= 0.6 is 0 Å². The molecule has 0 radical (unpaired) electrons. The molecule has 0 atom stereocenters. The fourth-order valence-corrected chi connectivity index (χ4v) is 2.36. The molecule has 0 fully saturated rings. The summed E-state index contributed by atoms with van der Waals surface area (Å²) in [7, 11) is 0. The second kappa shape index (κ2) is 7.50. The molecule has 24 heavy (non-hydrogen) atoms. The molecule has 1 heterocycles. The highest BCUT2D eigenvalue weighted by atomic mass is 16.5. The number of carbonyl (C=O) groups is 2. The number of rotatable bonds is 6. The van der Waals surface area contributed by atoms with Crippen molar-refractivity contribution in [1.29, 1.82) is 0 Å². The fourth-order valence-electron chi connectivity index (χ4n) is 2.36. The van der Waals surface area contributed by atoms with Crippen LogP contribution in [0.5, 0.6) is 11.5 Å². The summed E-state index contributed by atoms with van der Waals surface area (Å²) in [6.07, 6.45) is 0.921. The standard InChI is InChI=1S/C18H18N2O4/c21-16(10-5-11-23-13-6-2-1-3-7-13)19-14-8-4-9-15-18(14)20-17(22)12-24-15/h1-4,6-9H,5,10-12H2,(H,19,21)(H,20,22). The highest BCUT2D eigenvalue weighted by molar-refractivity contribution is 6.03. The van der Waals surface area contributed by atoms with E-state index in [1.54, 1.807) is 18.2 Å². The molecule has 0 aromatic heterocycles. The molecule has 2 amide bonds. The first-order valence-corrected chi connectivity index (χ1v) is 7.76. The van der Waals surface area contributed by atoms with Gasteiger partial charge in [0.2, 0.25) is 5.91 Å². The molecule has 0 unspecified atom stereocenters. The number of carbonyl (C=O) groups excluding carboxylic acids is 2. The summed E-state index contributed by atoms with van der Waals surface area (Å²) in [6.45, 7) is 0.450. The van der Waals surface area contributed by atoms with E-state index in [0.29, 0.717) is 36.6 Å². The number of para-hydroxylation sites is 2. The van der Waals surface area contributed by atoms with E-state index in [-0.39, 0.29) is 18.4 Å². The minimum atomic E-state index is -0.236. The van der Waals surface area contributed by atoms with Gasteiger partial charge in [-0.05, 0) is 30.7 Å². The zero-order valence-electron chi connectivity index (χ0n) is 13.1. The number of hydrogen-bond acceptors (Lipinski definition) is 4. The first-order chi connectivity index (χ1) is 11.7. The summed E-state index contributed by atoms with van der Waals surface area (Å²) in [4.78, 5) is 23.5. The summed E-state index contributed by atoms with van der Waals surface area (Å²) in [5, 5.41) is 5.52. The van der Waals surface area contributed by atoms with Gasteiger partial charge in [0.05, 0.1) is 12.3 Å². The third-order valence-corrected chi connectivity index (χ3v) is 3.48. The lowest BCUT2D eigenvalue weighted by atomic mass is 10.2. The molecule has 1 aliphatic rings. The van der Waals surface area contributed by atoms with Gasteiger partial charge in [-0.25, -0.2) is 0 Å². The van der Waals surface area contributed by atoms with Crippen molar-refractivity contribution in [3.05, 3.63) is 48.5 Å². The van der Waals surface area contributed by atoms with E-state index >= 15 is 0 Å². The third kappa shape index (κ3) is 4.04. The van der Waals surface area contributed by atoms with Crippen molar-refractivity contribution in [1.82, 2.24) is 0 Å². The van der Waals surface area contributed by atoms with Gasteiger partial charge in [-0.2, -0.15) is 0 Å². The van der Waals surface area contributed by atoms with Crippen LogP contribution in [0.2, 0.25) is 0 Å². The second-order valence-corrected chi connectivity index (χ2v) is 5.33. The lowest BCUT2D eigenvalue weighted by Gasteiger charge is -2.20. The topological polar surface area (TPSA) is 76.7 Å². The van der Waals surface area contributed by atoms with Crippen molar-refractivity contribution in [3.63, 3.8) is 0 Å². The van der Waals surface area contributed by atoms with Crippen LogP contribution in [0.3, 0.4) is 0 Å². The van der Waals surface area contributed by atoms with Crippen molar-refractivity contribution in [2.24, 2.45) is 0 Å². The lowest BCUT2D eigenvalue weighted by Crippen LogP contribution is -2.26. The summed E-state index contributed by atoms with van der Waals surface area (Å²) in [5.41, 5.74) is 1.04. The fraction of sp³-hybridized carbons (Fsp3) is 0.222. The monoisotopic (exact) mass is 326 g/mol. The van der Waals surface area contributed by atoms with E-state index in [4.69, 9.17) is 9.47 Å². The molecular weight excluding hydrogens is 308 g/mol. The molecule has 0 saturated carbocycles. The molecule has 1 aliphatic heterocycles. The molecule has 6 heteroatoms. The van der Waals surface area contributed by atoms with Gasteiger partial charge < -0.3 is 20.1 Å². The van der Waals surface area contributed by atoms with Gasteiger partial charge in [-0.1, -0.05) is 24.3 Å². The van der Waals surface area contributed by atoms with Gasteiger partial charge in [-0.3, -0.25) is 9.59 Å². The lowest BCUT2D eigenvalue weighted by molar-refractivity contribution is -0.119. The molecule has 3 rings (SSSR count). The van der Waals surface area contributed by atoms with Crippen molar-refractivity contribution < 1.29 is 19.1 Å². The van der Waals surface area contributed by atoms with Gasteiger partial charge in [-0.15, -0.1) is 0 Å². The van der Waals surface area contributed by atoms with Crippen molar-refractivity contribution in [2.75, 3.05) is 23.8 Å². The number of anilines is 2. The molecule has 0 saturated heterocycles. The largest absolute Gasteiger partial charge is 0.494 e. The van der Waals surface area contributed by atoms with Crippen LogP contribution in [0.25, 0.3) is 0 Å². The zero-order chi connectivity index (χ0) is 16.8. The van der Waals surface area contributed by atoms with Crippen LogP contribution in [0.1, 0.15) is 12.8 Å². The predicted octanol–water partition coefficient (Wildman–Crippen LogP) is 2.82. The van der Waals surface area contributed by atoms with Crippen LogP contribution in [0.4, 0.5) is 11.4 Å². The van der Waals surface area contributed by atoms with Gasteiger partial charge in [0.15, 0.2) is 6.61 Å². The number of nitrogens with one attached hydrogen (secondary N) is 2. The van der Waals surface area contributed by atoms with E-state index in [0.717, 1.165) is 5.75 Å². The Morgan fingerprint density at radius 2 is 2.00 bits per heavy atom. The summed E-state index contributed by atoms with van der Waals surface area (Å²) in [6, 6.07) is 14.7. The molecule has 2 aromatic rings. The summed E-state index contributed by atoms with van der Waals surface area (Å²) >= 11 is 0. The van der Waals surface area contributed by atoms with Crippen LogP contribution in [0, 0.1) is 0 Å². The van der Waals surface area contributed by atoms with E-state index in [9.17, 15) is 9.59 Å². The Bertz CT molecular complexity index is 731. The quantitative estimate of drug-likeness (QED) is 0.800. The third-order valence-electron chi connectivity index (χ3n) is 3.48. The average Bonchev–Trinajstić information content (AvgIpc) is 2.60. The molecule has 124 valence electrons. The predicted molar refractivity (Wildman–Crippen MR) is 90.4 cm³/mol. The van der Waals surface area contributed by atoms with Gasteiger partial charge in [0.25, 0.3) is 5.91 Å². The summed E-state index contributed by atoms with van der Waals surface area (Å²) < 4.78 is 10.9. The Hall–Kier alpha value is -3.02. The van der Waals surface area contributed by atoms with E-state index in [2.05, 4.69) is 10.6 Å². The zero-order valence-corrected chi connectivity index (χ0v) is 13.1. The number of fused-ring (bicyclic) bond motifs is 1. The normalized spacial score (nSPS) is 12.6. The van der Waals surface area contributed by atoms with Crippen molar-refractivity contribution in [2.45, 2.75) is 12.8 Å². The Labute approximate surface area is 139 Å². The van der Waals surface area contributed by atoms with Gasteiger partial charge in [0, 0.05) is 6.42 Å². The number of ether oxygens (including phenoxy) is 2. The maximum atomic E-state index is 12.1. The second-order valence-electron chi connectivity index (χ2n) is 5.33. The van der Waals surface area contributed by atoms with Crippen molar-refractivity contribution in [3.8, 4) is 11.5 Å². The molecule has 2 N–H and O–H groups in total. The maximum absolute atomic E-state index is 12.1. The minimum Gasteiger partial charge on any atom is -0.494 e. The SMILES string of the molecule is O=C(CCCOc1ccccc1)Nc1cccc2c1NC(=O)CO2. The average molecular weight is 326 g/mol. The molecule has 6 nitrogen and oxygen atoms in total. The van der Waals surface area contributed by atoms with E-state index < -0.39 is 0 Å². The Balaban J connectivity index is 1.50. The first kappa shape index (κ1) is 15.9. The number of hydrogen-bond donors (Lipinski definition) is 2. The molecule has 0 bridgehead atoms. The Morgan fingerprint density at radius 3 is 2.83 bits per heavy atom. The van der Waals surface area contributed by atoms with Crippen molar-refractivity contribution >= 4 is 23.2 Å². The van der Waals surface area contributed by atoms with Crippen LogP contribution in [-0.4, -0.2) is 25.0 Å².